The van der Waals surface area contributed by atoms with Crippen LogP contribution in [0.5, 0.6) is 0 Å². The van der Waals surface area contributed by atoms with Gasteiger partial charge in [0.15, 0.2) is 0 Å². The number of rotatable bonds is 2. The molecule has 2 N–H and O–H groups in total. The van der Waals surface area contributed by atoms with E-state index in [0.717, 1.165) is 15.4 Å². The summed E-state index contributed by atoms with van der Waals surface area (Å²) in [6, 6.07) is 12.5. The van der Waals surface area contributed by atoms with Gasteiger partial charge in [0.05, 0.1) is 16.1 Å². The van der Waals surface area contributed by atoms with Gasteiger partial charge in [0.25, 0.3) is 11.8 Å². The van der Waals surface area contributed by atoms with E-state index in [1.54, 1.807) is 24.4 Å². The molecular formula is C17H13BrClN3O2. The molecule has 3 rings (SSSR count). The van der Waals surface area contributed by atoms with Crippen molar-refractivity contribution in [3.63, 3.8) is 0 Å². The third-order valence-corrected chi connectivity index (χ3v) is 4.43. The van der Waals surface area contributed by atoms with Gasteiger partial charge in [-0.25, -0.2) is 0 Å². The minimum Gasteiger partial charge on any atom is -0.350 e. The first-order valence-corrected chi connectivity index (χ1v) is 8.24. The molecule has 0 unspecified atom stereocenters. The number of fused-ring (bicyclic) bond motifs is 1. The van der Waals surface area contributed by atoms with Crippen LogP contribution in [0.3, 0.4) is 0 Å². The molecule has 122 valence electrons. The summed E-state index contributed by atoms with van der Waals surface area (Å²) < 4.78 is 2.58. The molecule has 0 fully saturated rings. The van der Waals surface area contributed by atoms with Crippen LogP contribution >= 0.6 is 27.5 Å². The molecule has 0 aliphatic carbocycles. The first kappa shape index (κ1) is 16.5. The summed E-state index contributed by atoms with van der Waals surface area (Å²) in [5.74, 6) is -0.888. The smallest absolute Gasteiger partial charge is 0.271 e. The Kier molecular flexibility index (Phi) is 4.59. The number of carbonyl (C=O) groups is 2. The molecule has 2 amide bonds. The Bertz CT molecular complexity index is 952. The lowest BCUT2D eigenvalue weighted by Crippen LogP contribution is -2.41. The van der Waals surface area contributed by atoms with Crippen molar-refractivity contribution < 1.29 is 9.59 Å². The fourth-order valence-corrected chi connectivity index (χ4v) is 3.01. The molecule has 2 aromatic carbocycles. The van der Waals surface area contributed by atoms with Crippen molar-refractivity contribution in [2.75, 3.05) is 0 Å². The molecule has 0 saturated heterocycles. The molecule has 0 aliphatic rings. The number of halogens is 2. The summed E-state index contributed by atoms with van der Waals surface area (Å²) in [6.45, 7) is 0. The summed E-state index contributed by atoms with van der Waals surface area (Å²) in [6.07, 6.45) is 1.72. The molecule has 0 bridgehead atoms. The van der Waals surface area contributed by atoms with Gasteiger partial charge in [-0.15, -0.1) is 0 Å². The highest BCUT2D eigenvalue weighted by molar-refractivity contribution is 9.10. The summed E-state index contributed by atoms with van der Waals surface area (Å²) in [5, 5.41) is 1.11. The molecular weight excluding hydrogens is 394 g/mol. The van der Waals surface area contributed by atoms with Gasteiger partial charge in [0.2, 0.25) is 0 Å². The second kappa shape index (κ2) is 6.67. The van der Waals surface area contributed by atoms with Crippen LogP contribution in [0, 0.1) is 0 Å². The molecule has 3 aromatic rings. The average molecular weight is 407 g/mol. The maximum absolute atomic E-state index is 12.4. The van der Waals surface area contributed by atoms with Crippen LogP contribution in [-0.2, 0) is 7.05 Å². The highest BCUT2D eigenvalue weighted by atomic mass is 79.9. The monoisotopic (exact) mass is 405 g/mol. The summed E-state index contributed by atoms with van der Waals surface area (Å²) in [5.41, 5.74) is 6.49. The van der Waals surface area contributed by atoms with Gasteiger partial charge < -0.3 is 4.57 Å². The van der Waals surface area contributed by atoms with E-state index >= 15 is 0 Å². The normalized spacial score (nSPS) is 10.6. The van der Waals surface area contributed by atoms with Crippen molar-refractivity contribution in [2.45, 2.75) is 0 Å². The number of nitrogens with zero attached hydrogens (tertiary/aromatic N) is 1. The fraction of sp³-hybridized carbons (Fsp3) is 0.0588. The Balaban J connectivity index is 1.78. The van der Waals surface area contributed by atoms with Crippen molar-refractivity contribution in [3.05, 3.63) is 69.3 Å². The lowest BCUT2D eigenvalue weighted by molar-refractivity contribution is 0.0847. The van der Waals surface area contributed by atoms with Gasteiger partial charge in [0.1, 0.15) is 0 Å². The maximum Gasteiger partial charge on any atom is 0.271 e. The van der Waals surface area contributed by atoms with Crippen molar-refractivity contribution >= 4 is 50.2 Å². The van der Waals surface area contributed by atoms with Crippen LogP contribution in [0.4, 0.5) is 0 Å². The predicted molar refractivity (Wildman–Crippen MR) is 97.0 cm³/mol. The highest BCUT2D eigenvalue weighted by Gasteiger charge is 2.16. The van der Waals surface area contributed by atoms with Gasteiger partial charge >= 0.3 is 0 Å². The molecule has 5 nitrogen and oxygen atoms in total. The fourth-order valence-electron chi connectivity index (χ4n) is 2.44. The topological polar surface area (TPSA) is 63.1 Å². The number of benzene rings is 2. The zero-order valence-corrected chi connectivity index (χ0v) is 15.0. The van der Waals surface area contributed by atoms with Crippen LogP contribution in [0.2, 0.25) is 5.02 Å². The second-order valence-electron chi connectivity index (χ2n) is 5.20. The first-order valence-electron chi connectivity index (χ1n) is 7.07. The van der Waals surface area contributed by atoms with E-state index in [1.165, 1.54) is 0 Å². The minimum atomic E-state index is -0.491. The van der Waals surface area contributed by atoms with Crippen LogP contribution in [0.15, 0.2) is 53.1 Å². The zero-order chi connectivity index (χ0) is 17.3. The minimum absolute atomic E-state index is 0.268. The molecule has 0 atom stereocenters. The van der Waals surface area contributed by atoms with E-state index in [0.29, 0.717) is 10.6 Å². The van der Waals surface area contributed by atoms with Crippen LogP contribution in [-0.4, -0.2) is 16.4 Å². The number of aromatic nitrogens is 1. The molecule has 0 aliphatic heterocycles. The Morgan fingerprint density at radius 1 is 1.04 bits per heavy atom. The number of carbonyl (C=O) groups excluding carboxylic acids is 2. The number of aryl methyl sites for hydroxylation is 1. The van der Waals surface area contributed by atoms with Crippen LogP contribution in [0.1, 0.15) is 20.7 Å². The molecule has 7 heteroatoms. The average Bonchev–Trinajstić information content (AvgIpc) is 2.92. The van der Waals surface area contributed by atoms with Crippen molar-refractivity contribution in [2.24, 2.45) is 7.05 Å². The van der Waals surface area contributed by atoms with Crippen molar-refractivity contribution in [1.82, 2.24) is 15.4 Å². The number of hydrazine groups is 1. The Hall–Kier alpha value is -2.31. The van der Waals surface area contributed by atoms with Crippen molar-refractivity contribution in [3.8, 4) is 0 Å². The molecule has 1 aromatic heterocycles. The summed E-state index contributed by atoms with van der Waals surface area (Å²) >= 11 is 9.29. The highest BCUT2D eigenvalue weighted by Crippen LogP contribution is 2.21. The van der Waals surface area contributed by atoms with E-state index in [-0.39, 0.29) is 5.56 Å². The van der Waals surface area contributed by atoms with E-state index in [9.17, 15) is 9.59 Å². The van der Waals surface area contributed by atoms with Gasteiger partial charge in [0, 0.05) is 28.6 Å². The molecule has 0 radical (unpaired) electrons. The predicted octanol–water partition coefficient (Wildman–Crippen LogP) is 3.67. The van der Waals surface area contributed by atoms with Gasteiger partial charge in [-0.1, -0.05) is 45.7 Å². The molecule has 0 saturated carbocycles. The number of amides is 2. The van der Waals surface area contributed by atoms with Crippen molar-refractivity contribution in [1.29, 1.82) is 0 Å². The third kappa shape index (κ3) is 3.16. The molecule has 24 heavy (non-hydrogen) atoms. The first-order chi connectivity index (χ1) is 11.5. The molecule has 1 heterocycles. The van der Waals surface area contributed by atoms with E-state index in [4.69, 9.17) is 11.6 Å². The second-order valence-corrected chi connectivity index (χ2v) is 6.53. The van der Waals surface area contributed by atoms with E-state index in [1.807, 2.05) is 35.9 Å². The SMILES string of the molecule is Cn1cc(C(=O)NNC(=O)c2cc(Br)ccc2Cl)c2ccccc21. The van der Waals surface area contributed by atoms with Gasteiger partial charge in [-0.3, -0.25) is 20.4 Å². The maximum atomic E-state index is 12.4. The summed E-state index contributed by atoms with van der Waals surface area (Å²) in [7, 11) is 1.86. The number of nitrogens with one attached hydrogen (secondary N) is 2. The Morgan fingerprint density at radius 2 is 1.71 bits per heavy atom. The van der Waals surface area contributed by atoms with Crippen LogP contribution in [0.25, 0.3) is 10.9 Å². The number of hydrogen-bond donors (Lipinski definition) is 2. The van der Waals surface area contributed by atoms with Gasteiger partial charge in [-0.05, 0) is 24.3 Å². The Labute approximate surface area is 151 Å². The standard InChI is InChI=1S/C17H13BrClN3O2/c1-22-9-13(11-4-2-3-5-15(11)22)17(24)21-20-16(23)12-8-10(18)6-7-14(12)19/h2-9H,1H3,(H,20,23)(H,21,24). The zero-order valence-electron chi connectivity index (χ0n) is 12.6. The third-order valence-electron chi connectivity index (χ3n) is 3.60. The van der Waals surface area contributed by atoms with Gasteiger partial charge in [-0.2, -0.15) is 0 Å². The summed E-state index contributed by atoms with van der Waals surface area (Å²) in [4.78, 5) is 24.6. The Morgan fingerprint density at radius 3 is 2.46 bits per heavy atom. The van der Waals surface area contributed by atoms with E-state index < -0.39 is 11.8 Å². The lowest BCUT2D eigenvalue weighted by atomic mass is 10.2. The quantitative estimate of drug-likeness (QED) is 0.638. The lowest BCUT2D eigenvalue weighted by Gasteiger charge is -2.08. The van der Waals surface area contributed by atoms with E-state index in [2.05, 4.69) is 26.8 Å². The molecule has 0 spiro atoms. The largest absolute Gasteiger partial charge is 0.350 e. The number of para-hydroxylation sites is 1. The van der Waals surface area contributed by atoms with Crippen LogP contribution < -0.4 is 10.9 Å². The number of hydrogen-bond acceptors (Lipinski definition) is 2.